The van der Waals surface area contributed by atoms with Crippen LogP contribution in [0.3, 0.4) is 0 Å². The molecule has 0 radical (unpaired) electrons. The number of benzene rings is 2. The summed E-state index contributed by atoms with van der Waals surface area (Å²) in [6, 6.07) is 11.0. The Morgan fingerprint density at radius 1 is 1.24 bits per heavy atom. The topological polar surface area (TPSA) is 38.5 Å². The Bertz CT molecular complexity index is 616. The van der Waals surface area contributed by atoms with Gasteiger partial charge in [0.1, 0.15) is 0 Å². The SMILES string of the molecule is CCOc1cc(N(C)Cc2ccc(Br)cc2)c(N)cc1F. The molecule has 5 heteroatoms. The molecule has 0 spiro atoms. The highest BCUT2D eigenvalue weighted by Crippen LogP contribution is 2.31. The number of rotatable bonds is 5. The Morgan fingerprint density at radius 3 is 2.52 bits per heavy atom. The molecule has 112 valence electrons. The van der Waals surface area contributed by atoms with E-state index in [0.29, 0.717) is 18.8 Å². The first-order valence-electron chi connectivity index (χ1n) is 6.68. The van der Waals surface area contributed by atoms with Gasteiger partial charge in [0, 0.05) is 30.2 Å². The first-order valence-corrected chi connectivity index (χ1v) is 7.48. The highest BCUT2D eigenvalue weighted by Gasteiger charge is 2.12. The Labute approximate surface area is 132 Å². The molecule has 0 aromatic heterocycles. The van der Waals surface area contributed by atoms with Gasteiger partial charge in [-0.05, 0) is 24.6 Å². The van der Waals surface area contributed by atoms with Crippen molar-refractivity contribution in [3.05, 3.63) is 52.3 Å². The molecule has 0 heterocycles. The van der Waals surface area contributed by atoms with Crippen LogP contribution in [-0.2, 0) is 6.54 Å². The van der Waals surface area contributed by atoms with Crippen molar-refractivity contribution in [2.24, 2.45) is 0 Å². The van der Waals surface area contributed by atoms with Crippen LogP contribution in [0.2, 0.25) is 0 Å². The van der Waals surface area contributed by atoms with E-state index in [4.69, 9.17) is 10.5 Å². The fourth-order valence-corrected chi connectivity index (χ4v) is 2.37. The normalized spacial score (nSPS) is 10.5. The van der Waals surface area contributed by atoms with Crippen molar-refractivity contribution in [2.45, 2.75) is 13.5 Å². The molecule has 0 aliphatic heterocycles. The minimum Gasteiger partial charge on any atom is -0.491 e. The third-order valence-electron chi connectivity index (χ3n) is 3.13. The van der Waals surface area contributed by atoms with Crippen LogP contribution in [0.4, 0.5) is 15.8 Å². The summed E-state index contributed by atoms with van der Waals surface area (Å²) in [4.78, 5) is 1.97. The molecule has 3 nitrogen and oxygen atoms in total. The van der Waals surface area contributed by atoms with E-state index in [1.807, 2.05) is 43.1 Å². The van der Waals surface area contributed by atoms with Crippen LogP contribution in [0.25, 0.3) is 0 Å². The summed E-state index contributed by atoms with van der Waals surface area (Å²) in [5.74, 6) is -0.209. The lowest BCUT2D eigenvalue weighted by Crippen LogP contribution is -2.18. The summed E-state index contributed by atoms with van der Waals surface area (Å²) in [5.41, 5.74) is 8.21. The van der Waals surface area contributed by atoms with E-state index in [-0.39, 0.29) is 5.75 Å². The summed E-state index contributed by atoms with van der Waals surface area (Å²) in [7, 11) is 1.92. The predicted octanol–water partition coefficient (Wildman–Crippen LogP) is 4.21. The van der Waals surface area contributed by atoms with E-state index < -0.39 is 5.82 Å². The molecular formula is C16H18BrFN2O. The number of ether oxygens (including phenoxy) is 1. The van der Waals surface area contributed by atoms with E-state index >= 15 is 0 Å². The van der Waals surface area contributed by atoms with Gasteiger partial charge < -0.3 is 15.4 Å². The van der Waals surface area contributed by atoms with Gasteiger partial charge in [0.25, 0.3) is 0 Å². The van der Waals surface area contributed by atoms with Crippen LogP contribution in [-0.4, -0.2) is 13.7 Å². The Morgan fingerprint density at radius 2 is 1.90 bits per heavy atom. The van der Waals surface area contributed by atoms with Crippen LogP contribution in [0.1, 0.15) is 12.5 Å². The Balaban J connectivity index is 2.23. The number of anilines is 2. The molecule has 2 aromatic carbocycles. The maximum Gasteiger partial charge on any atom is 0.167 e. The number of hydrogen-bond acceptors (Lipinski definition) is 3. The first-order chi connectivity index (χ1) is 10.0. The van der Waals surface area contributed by atoms with Gasteiger partial charge in [-0.1, -0.05) is 28.1 Å². The molecule has 2 rings (SSSR count). The van der Waals surface area contributed by atoms with Gasteiger partial charge in [-0.2, -0.15) is 0 Å². The number of hydrogen-bond donors (Lipinski definition) is 1. The molecular weight excluding hydrogens is 335 g/mol. The molecule has 0 unspecified atom stereocenters. The second-order valence-corrected chi connectivity index (χ2v) is 5.67. The summed E-state index contributed by atoms with van der Waals surface area (Å²) >= 11 is 3.41. The lowest BCUT2D eigenvalue weighted by atomic mass is 10.2. The zero-order chi connectivity index (χ0) is 15.4. The standard InChI is InChI=1S/C16H18BrFN2O/c1-3-21-16-9-15(14(19)8-13(16)18)20(2)10-11-4-6-12(17)7-5-11/h4-9H,3,10,19H2,1-2H3. The monoisotopic (exact) mass is 352 g/mol. The van der Waals surface area contributed by atoms with Crippen molar-refractivity contribution >= 4 is 27.3 Å². The van der Waals surface area contributed by atoms with Gasteiger partial charge in [0.2, 0.25) is 0 Å². The fourth-order valence-electron chi connectivity index (χ4n) is 2.10. The largest absolute Gasteiger partial charge is 0.491 e. The second kappa shape index (κ2) is 6.80. The van der Waals surface area contributed by atoms with Crippen molar-refractivity contribution in [3.8, 4) is 5.75 Å². The summed E-state index contributed by atoms with van der Waals surface area (Å²) < 4.78 is 20.0. The van der Waals surface area contributed by atoms with E-state index in [1.54, 1.807) is 6.07 Å². The van der Waals surface area contributed by atoms with Crippen LogP contribution < -0.4 is 15.4 Å². The minimum absolute atomic E-state index is 0.226. The van der Waals surface area contributed by atoms with E-state index in [9.17, 15) is 4.39 Å². The fraction of sp³-hybridized carbons (Fsp3) is 0.250. The lowest BCUT2D eigenvalue weighted by Gasteiger charge is -2.22. The molecule has 0 aliphatic carbocycles. The van der Waals surface area contributed by atoms with Gasteiger partial charge in [0.05, 0.1) is 18.0 Å². The molecule has 0 bridgehead atoms. The van der Waals surface area contributed by atoms with Crippen molar-refractivity contribution in [2.75, 3.05) is 24.3 Å². The number of halogens is 2. The van der Waals surface area contributed by atoms with Gasteiger partial charge in [-0.15, -0.1) is 0 Å². The Kier molecular flexibility index (Phi) is 5.07. The molecule has 0 saturated heterocycles. The van der Waals surface area contributed by atoms with Crippen molar-refractivity contribution in [3.63, 3.8) is 0 Å². The van der Waals surface area contributed by atoms with Crippen LogP contribution in [0.15, 0.2) is 40.9 Å². The average Bonchev–Trinajstić information content (AvgIpc) is 2.44. The summed E-state index contributed by atoms with van der Waals surface area (Å²) in [5, 5.41) is 0. The van der Waals surface area contributed by atoms with Gasteiger partial charge in [-0.25, -0.2) is 4.39 Å². The van der Waals surface area contributed by atoms with Crippen molar-refractivity contribution in [1.29, 1.82) is 0 Å². The average molecular weight is 353 g/mol. The zero-order valence-electron chi connectivity index (χ0n) is 12.1. The first kappa shape index (κ1) is 15.6. The minimum atomic E-state index is -0.435. The summed E-state index contributed by atoms with van der Waals surface area (Å²) in [6.45, 7) is 2.91. The van der Waals surface area contributed by atoms with Crippen molar-refractivity contribution < 1.29 is 9.13 Å². The predicted molar refractivity (Wildman–Crippen MR) is 88.2 cm³/mol. The molecule has 2 N–H and O–H groups in total. The van der Waals surface area contributed by atoms with Crippen LogP contribution >= 0.6 is 15.9 Å². The van der Waals surface area contributed by atoms with Gasteiger partial charge >= 0.3 is 0 Å². The maximum atomic E-state index is 13.7. The van der Waals surface area contributed by atoms with Gasteiger partial charge in [-0.3, -0.25) is 0 Å². The zero-order valence-corrected chi connectivity index (χ0v) is 13.7. The molecule has 0 amide bonds. The van der Waals surface area contributed by atoms with E-state index in [2.05, 4.69) is 15.9 Å². The molecule has 0 saturated carbocycles. The lowest BCUT2D eigenvalue weighted by molar-refractivity contribution is 0.322. The third-order valence-corrected chi connectivity index (χ3v) is 3.65. The number of nitrogens with two attached hydrogens (primary N) is 1. The smallest absolute Gasteiger partial charge is 0.167 e. The van der Waals surface area contributed by atoms with Gasteiger partial charge in [0.15, 0.2) is 11.6 Å². The molecule has 21 heavy (non-hydrogen) atoms. The molecule has 0 atom stereocenters. The van der Waals surface area contributed by atoms with Crippen molar-refractivity contribution in [1.82, 2.24) is 0 Å². The van der Waals surface area contributed by atoms with E-state index in [0.717, 1.165) is 15.7 Å². The summed E-state index contributed by atoms with van der Waals surface area (Å²) in [6.07, 6.45) is 0. The molecule has 0 fully saturated rings. The highest BCUT2D eigenvalue weighted by atomic mass is 79.9. The van der Waals surface area contributed by atoms with Crippen LogP contribution in [0.5, 0.6) is 5.75 Å². The third kappa shape index (κ3) is 3.88. The maximum absolute atomic E-state index is 13.7. The van der Waals surface area contributed by atoms with Crippen LogP contribution in [0, 0.1) is 5.82 Å². The molecule has 0 aliphatic rings. The quantitative estimate of drug-likeness (QED) is 0.819. The molecule has 2 aromatic rings. The van der Waals surface area contributed by atoms with E-state index in [1.165, 1.54) is 6.07 Å². The highest BCUT2D eigenvalue weighted by molar-refractivity contribution is 9.10. The second-order valence-electron chi connectivity index (χ2n) is 4.76. The Hall–Kier alpha value is -1.75. The number of nitrogen functional groups attached to an aromatic ring is 1. The number of nitrogens with zero attached hydrogens (tertiary/aromatic N) is 1.